The summed E-state index contributed by atoms with van der Waals surface area (Å²) < 4.78 is 36.3. The van der Waals surface area contributed by atoms with E-state index in [9.17, 15) is 0 Å². The van der Waals surface area contributed by atoms with Gasteiger partial charge in [0.15, 0.2) is 17.4 Å². The van der Waals surface area contributed by atoms with Gasteiger partial charge in [-0.2, -0.15) is 12.1 Å². The van der Waals surface area contributed by atoms with Gasteiger partial charge in [-0.05, 0) is 62.0 Å². The summed E-state index contributed by atoms with van der Waals surface area (Å²) in [5, 5.41) is 1.98. The Balaban J connectivity index is 0.00000329. The Kier molecular flexibility index (Phi) is 5.87. The van der Waals surface area contributed by atoms with E-state index < -0.39 is 6.85 Å². The Labute approximate surface area is 251 Å². The Morgan fingerprint density at radius 2 is 1.60 bits per heavy atom. The molecule has 0 N–H and O–H groups in total. The van der Waals surface area contributed by atoms with Crippen molar-refractivity contribution in [2.45, 2.75) is 26.7 Å². The molecule has 0 bridgehead atoms. The molecule has 0 saturated carbocycles. The van der Waals surface area contributed by atoms with Gasteiger partial charge >= 0.3 is 0 Å². The summed E-state index contributed by atoms with van der Waals surface area (Å²) in [5.74, 6) is 1.58. The predicted molar refractivity (Wildman–Crippen MR) is 157 cm³/mol. The van der Waals surface area contributed by atoms with Crippen LogP contribution in [0.2, 0.25) is 0 Å². The maximum atomic E-state index is 7.89. The molecule has 200 valence electrons. The summed E-state index contributed by atoms with van der Waals surface area (Å²) >= 11 is 0. The van der Waals surface area contributed by atoms with Gasteiger partial charge in [0, 0.05) is 66.2 Å². The third-order valence-electron chi connectivity index (χ3n) is 6.98. The second-order valence-electron chi connectivity index (χ2n) is 9.82. The number of benzene rings is 4. The van der Waals surface area contributed by atoms with Crippen molar-refractivity contribution >= 4 is 32.8 Å². The number of nitrogens with zero attached hydrogens (tertiary/aromatic N) is 4. The van der Waals surface area contributed by atoms with Crippen LogP contribution in [0.5, 0.6) is 11.5 Å². The van der Waals surface area contributed by atoms with Gasteiger partial charge in [0.1, 0.15) is 5.82 Å². The van der Waals surface area contributed by atoms with Gasteiger partial charge in [-0.1, -0.05) is 29.8 Å². The number of para-hydroxylation sites is 3. The van der Waals surface area contributed by atoms with Crippen LogP contribution < -0.4 is 4.74 Å². The molecule has 5 nitrogen and oxygen atoms in total. The quantitative estimate of drug-likeness (QED) is 0.169. The van der Waals surface area contributed by atoms with E-state index in [1.165, 1.54) is 12.3 Å². The Bertz CT molecular complexity index is 2110. The first-order valence-corrected chi connectivity index (χ1v) is 12.9. The van der Waals surface area contributed by atoms with E-state index in [0.29, 0.717) is 23.4 Å². The van der Waals surface area contributed by atoms with Gasteiger partial charge in [-0.3, -0.25) is 0 Å². The number of pyridine rings is 1. The molecule has 0 aliphatic heterocycles. The molecule has 0 amide bonds. The van der Waals surface area contributed by atoms with E-state index in [0.717, 1.165) is 38.5 Å². The van der Waals surface area contributed by atoms with Crippen LogP contribution in [-0.2, 0) is 21.1 Å². The molecule has 0 saturated heterocycles. The van der Waals surface area contributed by atoms with Crippen molar-refractivity contribution in [2.24, 2.45) is 0 Å². The fourth-order valence-corrected chi connectivity index (χ4v) is 5.21. The number of hydrogen-bond donors (Lipinski definition) is 0. The normalized spacial score (nSPS) is 12.8. The third kappa shape index (κ3) is 4.41. The molecular weight excluding hydrogens is 675 g/mol. The number of aromatic nitrogens is 4. The molecule has 7 rings (SSSR count). The summed E-state index contributed by atoms with van der Waals surface area (Å²) in [6.07, 6.45) is 3.63. The molecule has 0 radical (unpaired) electrons. The van der Waals surface area contributed by atoms with E-state index in [1.54, 1.807) is 6.07 Å². The van der Waals surface area contributed by atoms with Gasteiger partial charge < -0.3 is 9.30 Å². The van der Waals surface area contributed by atoms with Gasteiger partial charge in [-0.25, -0.2) is 14.1 Å². The second-order valence-corrected chi connectivity index (χ2v) is 9.82. The minimum absolute atomic E-state index is 0. The number of rotatable bonds is 5. The zero-order valence-corrected chi connectivity index (χ0v) is 24.2. The molecular formula is C34H27N4OPt-. The molecule has 0 atom stereocenters. The van der Waals surface area contributed by atoms with Gasteiger partial charge in [0.2, 0.25) is 0 Å². The minimum Gasteiger partial charge on any atom is -0.508 e. The fourth-order valence-electron chi connectivity index (χ4n) is 5.21. The van der Waals surface area contributed by atoms with Crippen molar-refractivity contribution in [1.29, 1.82) is 0 Å². The van der Waals surface area contributed by atoms with Gasteiger partial charge in [0.25, 0.3) is 0 Å². The predicted octanol–water partition coefficient (Wildman–Crippen LogP) is 8.48. The SMILES string of the molecule is [2H]C([2H])([2H])c1ccnc(-n2c3[c-]c(Oc4[c-]c(-n5[cH+]n(C(C)C)c6ccccc65)ccc4)ccc3c3ccccc32)c1.[Pt]. The molecule has 0 unspecified atom stereocenters. The van der Waals surface area contributed by atoms with Crippen LogP contribution in [0.4, 0.5) is 0 Å². The van der Waals surface area contributed by atoms with Crippen molar-refractivity contribution in [2.75, 3.05) is 0 Å². The third-order valence-corrected chi connectivity index (χ3v) is 6.98. The zero-order chi connectivity index (χ0) is 29.0. The molecule has 0 spiro atoms. The average molecular weight is 706 g/mol. The molecule has 7 aromatic rings. The van der Waals surface area contributed by atoms with E-state index in [1.807, 2.05) is 65.2 Å². The Hall–Kier alpha value is -4.21. The number of fused-ring (bicyclic) bond motifs is 4. The van der Waals surface area contributed by atoms with Crippen molar-refractivity contribution in [3.63, 3.8) is 0 Å². The standard InChI is InChI=1S/C34H27N4O.Pt/c1-23(2)36-22-37(32-14-7-6-13-31(32)36)25-9-8-10-26(20-25)39-27-15-16-29-28-11-4-5-12-30(28)38(33(29)21-27)34-19-24(3)17-18-35-34;/h4-19,22-23H,1-3H3;/q-1;/i3D3;. The van der Waals surface area contributed by atoms with E-state index in [4.69, 9.17) is 8.85 Å². The van der Waals surface area contributed by atoms with Crippen LogP contribution in [0.1, 0.15) is 29.6 Å². The summed E-state index contributed by atoms with van der Waals surface area (Å²) in [6.45, 7) is 2.09. The fraction of sp³-hybridized carbons (Fsp3) is 0.118. The number of hydrogen-bond acceptors (Lipinski definition) is 2. The summed E-state index contributed by atoms with van der Waals surface area (Å²) in [7, 11) is 0. The number of imidazole rings is 1. The van der Waals surface area contributed by atoms with E-state index >= 15 is 0 Å². The molecule has 0 aliphatic rings. The molecule has 0 aliphatic carbocycles. The smallest absolute Gasteiger partial charge is 0.188 e. The van der Waals surface area contributed by atoms with Gasteiger partial charge in [-0.15, -0.1) is 29.7 Å². The topological polar surface area (TPSA) is 36.9 Å². The van der Waals surface area contributed by atoms with E-state index in [2.05, 4.69) is 64.6 Å². The van der Waals surface area contributed by atoms with Crippen LogP contribution in [-0.4, -0.2) is 18.7 Å². The minimum atomic E-state index is -2.24. The van der Waals surface area contributed by atoms with Crippen LogP contribution >= 0.6 is 0 Å². The van der Waals surface area contributed by atoms with Gasteiger partial charge in [0.05, 0.1) is 6.04 Å². The zero-order valence-electron chi connectivity index (χ0n) is 24.9. The first kappa shape index (κ1) is 22.6. The van der Waals surface area contributed by atoms with Crippen LogP contribution in [0, 0.1) is 19.0 Å². The Morgan fingerprint density at radius 1 is 0.825 bits per heavy atom. The van der Waals surface area contributed by atoms with E-state index in [-0.39, 0.29) is 26.6 Å². The van der Waals surface area contributed by atoms with Crippen LogP contribution in [0.3, 0.4) is 0 Å². The molecule has 6 heteroatoms. The molecule has 0 fully saturated rings. The van der Waals surface area contributed by atoms with Crippen molar-refractivity contribution in [3.8, 4) is 23.0 Å². The van der Waals surface area contributed by atoms with Crippen LogP contribution in [0.25, 0.3) is 44.3 Å². The monoisotopic (exact) mass is 705 g/mol. The Morgan fingerprint density at radius 3 is 2.42 bits per heavy atom. The van der Waals surface area contributed by atoms with Crippen molar-refractivity contribution in [1.82, 2.24) is 18.7 Å². The maximum absolute atomic E-state index is 7.89. The van der Waals surface area contributed by atoms with Crippen molar-refractivity contribution < 1.29 is 29.9 Å². The summed E-state index contributed by atoms with van der Waals surface area (Å²) in [4.78, 5) is 4.53. The molecule has 3 aromatic heterocycles. The number of aryl methyl sites for hydroxylation is 1. The second kappa shape index (κ2) is 10.4. The molecule has 4 aromatic carbocycles. The first-order valence-electron chi connectivity index (χ1n) is 14.4. The summed E-state index contributed by atoms with van der Waals surface area (Å²) in [6, 6.07) is 36.3. The average Bonchev–Trinajstić information content (AvgIpc) is 3.53. The van der Waals surface area contributed by atoms with Crippen molar-refractivity contribution in [3.05, 3.63) is 121 Å². The van der Waals surface area contributed by atoms with Crippen LogP contribution in [0.15, 0.2) is 104 Å². The molecule has 40 heavy (non-hydrogen) atoms. The molecule has 3 heterocycles. The number of ether oxygens (including phenoxy) is 1. The first-order chi connectivity index (χ1) is 20.3. The maximum Gasteiger partial charge on any atom is 0.188 e. The largest absolute Gasteiger partial charge is 0.508 e. The summed E-state index contributed by atoms with van der Waals surface area (Å²) in [5.41, 5.74) is 4.98.